The van der Waals surface area contributed by atoms with Gasteiger partial charge in [-0.2, -0.15) is 4.31 Å². The van der Waals surface area contributed by atoms with Crippen LogP contribution < -0.4 is 0 Å². The summed E-state index contributed by atoms with van der Waals surface area (Å²) in [6, 6.07) is 2.06. The zero-order valence-corrected chi connectivity index (χ0v) is 12.0. The third-order valence-electron chi connectivity index (χ3n) is 2.90. The quantitative estimate of drug-likeness (QED) is 0.816. The van der Waals surface area contributed by atoms with Crippen molar-refractivity contribution in [3.05, 3.63) is 23.5 Å². The minimum Gasteiger partial charge on any atom is -0.481 e. The Morgan fingerprint density at radius 3 is 3.00 bits per heavy atom. The van der Waals surface area contributed by atoms with Gasteiger partial charge in [0, 0.05) is 12.7 Å². The molecule has 2 rings (SSSR count). The maximum atomic E-state index is 12.6. The van der Waals surface area contributed by atoms with E-state index in [-0.39, 0.29) is 36.2 Å². The number of pyridine rings is 1. The predicted molar refractivity (Wildman–Crippen MR) is 70.0 cm³/mol. The van der Waals surface area contributed by atoms with Gasteiger partial charge < -0.3 is 9.84 Å². The summed E-state index contributed by atoms with van der Waals surface area (Å²) in [5.41, 5.74) is 0. The van der Waals surface area contributed by atoms with Crippen molar-refractivity contribution in [2.45, 2.75) is 17.4 Å². The summed E-state index contributed by atoms with van der Waals surface area (Å²) in [4.78, 5) is 14.4. The molecule has 1 aromatic heterocycles. The summed E-state index contributed by atoms with van der Waals surface area (Å²) in [6.45, 7) is 0.349. The predicted octanol–water partition coefficient (Wildman–Crippen LogP) is 0.599. The lowest BCUT2D eigenvalue weighted by molar-refractivity contribution is -0.139. The van der Waals surface area contributed by atoms with Gasteiger partial charge in [-0.15, -0.1) is 0 Å². The molecule has 1 aliphatic rings. The van der Waals surface area contributed by atoms with E-state index in [1.165, 1.54) is 18.3 Å². The van der Waals surface area contributed by atoms with Crippen LogP contribution in [0.1, 0.15) is 6.42 Å². The summed E-state index contributed by atoms with van der Waals surface area (Å²) in [7, 11) is -3.89. The molecular weight excluding hydrogens is 308 g/mol. The van der Waals surface area contributed by atoms with Gasteiger partial charge in [0.15, 0.2) is 0 Å². The van der Waals surface area contributed by atoms with Gasteiger partial charge in [-0.1, -0.05) is 11.6 Å². The molecule has 0 aliphatic carbocycles. The van der Waals surface area contributed by atoms with E-state index in [2.05, 4.69) is 4.98 Å². The maximum absolute atomic E-state index is 12.6. The third-order valence-corrected chi connectivity index (χ3v) is 5.29. The SMILES string of the molecule is O=C(O)CC1COCCN1S(=O)(=O)c1cccnc1Cl. The maximum Gasteiger partial charge on any atom is 0.305 e. The van der Waals surface area contributed by atoms with Crippen LogP contribution in [0.3, 0.4) is 0 Å². The van der Waals surface area contributed by atoms with E-state index < -0.39 is 22.0 Å². The van der Waals surface area contributed by atoms with Crippen LogP contribution in [0.5, 0.6) is 0 Å². The minimum absolute atomic E-state index is 0.0451. The Bertz CT molecular complexity index is 607. The molecule has 1 aliphatic heterocycles. The van der Waals surface area contributed by atoms with Crippen molar-refractivity contribution < 1.29 is 23.1 Å². The van der Waals surface area contributed by atoms with Gasteiger partial charge >= 0.3 is 5.97 Å². The number of morpholine rings is 1. The number of sulfonamides is 1. The topological polar surface area (TPSA) is 96.8 Å². The molecule has 1 N–H and O–H groups in total. The molecule has 0 saturated carbocycles. The van der Waals surface area contributed by atoms with Crippen LogP contribution >= 0.6 is 11.6 Å². The second kappa shape index (κ2) is 6.04. The first-order valence-electron chi connectivity index (χ1n) is 5.85. The van der Waals surface area contributed by atoms with E-state index in [9.17, 15) is 13.2 Å². The highest BCUT2D eigenvalue weighted by molar-refractivity contribution is 7.89. The zero-order chi connectivity index (χ0) is 14.8. The Kier molecular flexibility index (Phi) is 4.59. The number of rotatable bonds is 4. The molecule has 20 heavy (non-hydrogen) atoms. The molecule has 0 radical (unpaired) electrons. The smallest absolute Gasteiger partial charge is 0.305 e. The lowest BCUT2D eigenvalue weighted by atomic mass is 10.2. The minimum atomic E-state index is -3.89. The Morgan fingerprint density at radius 1 is 1.60 bits per heavy atom. The molecule has 2 heterocycles. The highest BCUT2D eigenvalue weighted by atomic mass is 35.5. The third kappa shape index (κ3) is 3.09. The molecular formula is C11H13ClN2O5S. The normalized spacial score (nSPS) is 20.8. The van der Waals surface area contributed by atoms with E-state index in [0.29, 0.717) is 0 Å². The largest absolute Gasteiger partial charge is 0.481 e. The van der Waals surface area contributed by atoms with Crippen molar-refractivity contribution in [1.29, 1.82) is 0 Å². The van der Waals surface area contributed by atoms with Crippen LogP contribution in [0, 0.1) is 0 Å². The fourth-order valence-corrected chi connectivity index (χ4v) is 4.03. The molecule has 1 fully saturated rings. The highest BCUT2D eigenvalue weighted by Crippen LogP contribution is 2.26. The molecule has 9 heteroatoms. The van der Waals surface area contributed by atoms with Crippen molar-refractivity contribution >= 4 is 27.6 Å². The van der Waals surface area contributed by atoms with Crippen LogP contribution in [0.25, 0.3) is 0 Å². The zero-order valence-electron chi connectivity index (χ0n) is 10.4. The van der Waals surface area contributed by atoms with Crippen molar-refractivity contribution in [3.63, 3.8) is 0 Å². The Hall–Kier alpha value is -1.22. The number of hydrogen-bond donors (Lipinski definition) is 1. The molecule has 1 aromatic rings. The van der Waals surface area contributed by atoms with Gasteiger partial charge in [-0.25, -0.2) is 13.4 Å². The van der Waals surface area contributed by atoms with Crippen LogP contribution in [0.15, 0.2) is 23.2 Å². The van der Waals surface area contributed by atoms with Crippen molar-refractivity contribution in [3.8, 4) is 0 Å². The number of ether oxygens (including phenoxy) is 1. The Morgan fingerprint density at radius 2 is 2.35 bits per heavy atom. The van der Waals surface area contributed by atoms with E-state index in [4.69, 9.17) is 21.4 Å². The first-order chi connectivity index (χ1) is 9.43. The van der Waals surface area contributed by atoms with Crippen LogP contribution in [-0.2, 0) is 19.6 Å². The Balaban J connectivity index is 2.36. The standard InChI is InChI=1S/C11H13ClN2O5S/c12-11-9(2-1-3-13-11)20(17,18)14-4-5-19-7-8(14)6-10(15)16/h1-3,8H,4-7H2,(H,15,16). The summed E-state index contributed by atoms with van der Waals surface area (Å²) in [5, 5.41) is 8.73. The van der Waals surface area contributed by atoms with E-state index >= 15 is 0 Å². The van der Waals surface area contributed by atoms with Gasteiger partial charge in [-0.3, -0.25) is 4.79 Å². The Labute approximate surface area is 121 Å². The van der Waals surface area contributed by atoms with E-state index in [0.717, 1.165) is 4.31 Å². The molecule has 0 aromatic carbocycles. The second-order valence-corrected chi connectivity index (χ2v) is 6.45. The fraction of sp³-hybridized carbons (Fsp3) is 0.455. The van der Waals surface area contributed by atoms with Gasteiger partial charge in [0.1, 0.15) is 10.0 Å². The number of carboxylic acid groups (broad SMARTS) is 1. The van der Waals surface area contributed by atoms with Gasteiger partial charge in [0.2, 0.25) is 10.0 Å². The van der Waals surface area contributed by atoms with Crippen molar-refractivity contribution in [1.82, 2.24) is 9.29 Å². The number of halogens is 1. The summed E-state index contributed by atoms with van der Waals surface area (Å²) >= 11 is 5.82. The summed E-state index contributed by atoms with van der Waals surface area (Å²) in [5.74, 6) is -1.09. The molecule has 1 unspecified atom stereocenters. The lowest BCUT2D eigenvalue weighted by Crippen LogP contribution is -2.49. The summed E-state index contributed by atoms with van der Waals surface area (Å²) in [6.07, 6.45) is 1.06. The molecule has 0 bridgehead atoms. The number of carboxylic acids is 1. The van der Waals surface area contributed by atoms with Gasteiger partial charge in [-0.05, 0) is 12.1 Å². The number of aliphatic carboxylic acids is 1. The summed E-state index contributed by atoms with van der Waals surface area (Å²) < 4.78 is 31.4. The lowest BCUT2D eigenvalue weighted by Gasteiger charge is -2.33. The van der Waals surface area contributed by atoms with E-state index in [1.54, 1.807) is 0 Å². The number of nitrogens with zero attached hydrogens (tertiary/aromatic N) is 2. The number of hydrogen-bond acceptors (Lipinski definition) is 5. The molecule has 7 nitrogen and oxygen atoms in total. The van der Waals surface area contributed by atoms with Gasteiger partial charge in [0.25, 0.3) is 0 Å². The molecule has 0 spiro atoms. The molecule has 1 saturated heterocycles. The van der Waals surface area contributed by atoms with Crippen LogP contribution in [0.4, 0.5) is 0 Å². The number of carbonyl (C=O) groups is 1. The van der Waals surface area contributed by atoms with Crippen LogP contribution in [-0.4, -0.2) is 54.6 Å². The van der Waals surface area contributed by atoms with E-state index in [1.807, 2.05) is 0 Å². The average molecular weight is 321 g/mol. The average Bonchev–Trinajstić information content (AvgIpc) is 2.38. The first-order valence-corrected chi connectivity index (χ1v) is 7.66. The van der Waals surface area contributed by atoms with Gasteiger partial charge in [0.05, 0.1) is 25.7 Å². The second-order valence-electron chi connectivity index (χ2n) is 4.23. The molecule has 0 amide bonds. The molecule has 1 atom stereocenters. The monoisotopic (exact) mass is 320 g/mol. The first kappa shape index (κ1) is 15.2. The fourth-order valence-electron chi connectivity index (χ4n) is 2.01. The highest BCUT2D eigenvalue weighted by Gasteiger charge is 2.36. The number of aromatic nitrogens is 1. The van der Waals surface area contributed by atoms with Crippen molar-refractivity contribution in [2.75, 3.05) is 19.8 Å². The van der Waals surface area contributed by atoms with Crippen molar-refractivity contribution in [2.24, 2.45) is 0 Å². The molecule has 110 valence electrons. The van der Waals surface area contributed by atoms with Crippen LogP contribution in [0.2, 0.25) is 5.15 Å².